The third-order valence-corrected chi connectivity index (χ3v) is 0. The van der Waals surface area contributed by atoms with Gasteiger partial charge >= 0.3 is 0 Å². The Balaban J connectivity index is 0. The summed E-state index contributed by atoms with van der Waals surface area (Å²) in [5.41, 5.74) is 0. The van der Waals surface area contributed by atoms with Crippen molar-refractivity contribution >= 4 is 168 Å². The summed E-state index contributed by atoms with van der Waals surface area (Å²) in [5, 5.41) is 0. The molecule has 0 aromatic rings. The van der Waals surface area contributed by atoms with Crippen LogP contribution < -0.4 is 0 Å². The molecule has 5 heavy (non-hydrogen) atoms. The zero-order valence-electron chi connectivity index (χ0n) is 3.91. The summed E-state index contributed by atoms with van der Waals surface area (Å²) in [6.07, 6.45) is 0. The molecule has 0 saturated heterocycles. The number of hydrogen-bond donors (Lipinski definition) is 0. The molecule has 0 spiro atoms. The van der Waals surface area contributed by atoms with Gasteiger partial charge in [0.05, 0.1) is 0 Å². The van der Waals surface area contributed by atoms with Crippen molar-refractivity contribution in [2.24, 2.45) is 0 Å². The van der Waals surface area contributed by atoms with Crippen LogP contribution in [0.25, 0.3) is 0 Å². The van der Waals surface area contributed by atoms with E-state index in [1.165, 1.54) is 0 Å². The molecule has 0 aromatic carbocycles. The molecule has 0 aliphatic heterocycles. The van der Waals surface area contributed by atoms with E-state index in [9.17, 15) is 0 Å². The molecule has 0 rings (SSSR count). The molecular formula is BaCaKNaTi. The van der Waals surface area contributed by atoms with Crippen LogP contribution in [0.15, 0.2) is 0 Å². The summed E-state index contributed by atoms with van der Waals surface area (Å²) in [6, 6.07) is 0. The molecule has 0 bridgehead atoms. The molecular weight excluding hydrogens is 287 g/mol. The minimum absolute atomic E-state index is 0. The smallest absolute Gasteiger partial charge is 0 e. The Kier molecular flexibility index (Phi) is 136. The molecule has 10 valence electrons. The minimum Gasteiger partial charge on any atom is 0 e. The second-order valence-corrected chi connectivity index (χ2v) is 0. The first-order chi connectivity index (χ1) is 0. The number of hydrogen-bond acceptors (Lipinski definition) is 0. The topological polar surface area (TPSA) is 0 Å². The van der Waals surface area contributed by atoms with Gasteiger partial charge in [0.25, 0.3) is 0 Å². The van der Waals surface area contributed by atoms with Gasteiger partial charge in [-0.2, -0.15) is 0 Å². The summed E-state index contributed by atoms with van der Waals surface area (Å²) in [6.45, 7) is 0. The molecule has 0 N–H and O–H groups in total. The fraction of sp³-hybridized carbons (Fsp3) is 0. The average molecular weight is 287 g/mol. The maximum Gasteiger partial charge on any atom is 0 e. The molecule has 0 saturated carbocycles. The molecule has 0 aromatic heterocycles. The fourth-order valence-corrected chi connectivity index (χ4v) is 0. The van der Waals surface area contributed by atoms with Crippen LogP contribution in [0, 0.1) is 0 Å². The fourth-order valence-electron chi connectivity index (χ4n) is 0. The largest absolute Gasteiger partial charge is 0 e. The molecule has 0 fully saturated rings. The van der Waals surface area contributed by atoms with Gasteiger partial charge in [0.1, 0.15) is 0 Å². The molecule has 0 amide bonds. The number of rotatable bonds is 0. The van der Waals surface area contributed by atoms with Crippen LogP contribution in [-0.4, -0.2) is 168 Å². The first-order valence-corrected chi connectivity index (χ1v) is 0. The van der Waals surface area contributed by atoms with Crippen LogP contribution in [0.2, 0.25) is 0 Å². The second-order valence-electron chi connectivity index (χ2n) is 0. The van der Waals surface area contributed by atoms with Crippen LogP contribution >= 0.6 is 0 Å². The Bertz CT molecular complexity index is 11.6. The van der Waals surface area contributed by atoms with Crippen molar-refractivity contribution in [1.29, 1.82) is 0 Å². The molecule has 0 unspecified atom stereocenters. The van der Waals surface area contributed by atoms with Crippen LogP contribution in [0.1, 0.15) is 0 Å². The summed E-state index contributed by atoms with van der Waals surface area (Å²) >= 11 is 0. The molecule has 5 heteroatoms. The Hall–Kier alpha value is 6.18. The molecule has 0 aliphatic carbocycles. The van der Waals surface area contributed by atoms with Gasteiger partial charge in [-0.05, 0) is 0 Å². The summed E-state index contributed by atoms with van der Waals surface area (Å²) in [5.74, 6) is 0. The van der Waals surface area contributed by atoms with Gasteiger partial charge in [-0.1, -0.05) is 0 Å². The Morgan fingerprint density at radius 3 is 1.00 bits per heavy atom. The van der Waals surface area contributed by atoms with Crippen molar-refractivity contribution in [2.45, 2.75) is 0 Å². The van der Waals surface area contributed by atoms with Crippen molar-refractivity contribution in [3.05, 3.63) is 0 Å². The zero-order chi connectivity index (χ0) is 0. The van der Waals surface area contributed by atoms with Crippen molar-refractivity contribution in [3.8, 4) is 0 Å². The quantitative estimate of drug-likeness (QED) is 0.475. The monoisotopic (exact) mass is 288 g/mol. The maximum atomic E-state index is 0. The predicted octanol–water partition coefficient (Wildman–Crippen LogP) is -1.53. The SMILES string of the molecule is [Ba].[Ca].[K].[Na].[Ti]. The Morgan fingerprint density at radius 1 is 1.00 bits per heavy atom. The van der Waals surface area contributed by atoms with Gasteiger partial charge in [0.2, 0.25) is 0 Å². The van der Waals surface area contributed by atoms with Gasteiger partial charge in [-0.3, -0.25) is 0 Å². The van der Waals surface area contributed by atoms with E-state index in [1.807, 2.05) is 0 Å². The van der Waals surface area contributed by atoms with Crippen LogP contribution in [0.3, 0.4) is 0 Å². The van der Waals surface area contributed by atoms with E-state index < -0.39 is 0 Å². The molecule has 0 aliphatic rings. The van der Waals surface area contributed by atoms with Gasteiger partial charge in [-0.25, -0.2) is 0 Å². The summed E-state index contributed by atoms with van der Waals surface area (Å²) in [7, 11) is 0. The summed E-state index contributed by atoms with van der Waals surface area (Å²) < 4.78 is 0. The molecule has 0 atom stereocenters. The Labute approximate surface area is 182 Å². The summed E-state index contributed by atoms with van der Waals surface area (Å²) in [4.78, 5) is 0. The van der Waals surface area contributed by atoms with Crippen LogP contribution in [-0.2, 0) is 21.7 Å². The molecule has 6 radical (unpaired) electrons. The maximum absolute atomic E-state index is 0. The third kappa shape index (κ3) is 17.8. The van der Waals surface area contributed by atoms with E-state index in [0.29, 0.717) is 0 Å². The first kappa shape index (κ1) is 30.3. The molecule has 0 nitrogen and oxygen atoms in total. The Morgan fingerprint density at radius 2 is 1.00 bits per heavy atom. The van der Waals surface area contributed by atoms with Gasteiger partial charge in [-0.15, -0.1) is 0 Å². The van der Waals surface area contributed by atoms with Crippen LogP contribution in [0.5, 0.6) is 0 Å². The van der Waals surface area contributed by atoms with Crippen molar-refractivity contribution < 1.29 is 21.7 Å². The van der Waals surface area contributed by atoms with Crippen molar-refractivity contribution in [3.63, 3.8) is 0 Å². The normalized spacial score (nSPS) is 0. The second kappa shape index (κ2) is 22.5. The van der Waals surface area contributed by atoms with Crippen molar-refractivity contribution in [1.82, 2.24) is 0 Å². The standard InChI is InChI=1S/Ba.Ca.K.Na.Ti. The van der Waals surface area contributed by atoms with Crippen molar-refractivity contribution in [2.75, 3.05) is 0 Å². The van der Waals surface area contributed by atoms with E-state index in [2.05, 4.69) is 0 Å². The van der Waals surface area contributed by atoms with E-state index >= 15 is 0 Å². The zero-order valence-corrected chi connectivity index (χ0v) is 17.2. The first-order valence-electron chi connectivity index (χ1n) is 0. The van der Waals surface area contributed by atoms with Gasteiger partial charge in [0.15, 0.2) is 0 Å². The van der Waals surface area contributed by atoms with E-state index in [1.54, 1.807) is 0 Å². The molecule has 0 heterocycles. The van der Waals surface area contributed by atoms with E-state index in [0.717, 1.165) is 0 Å². The van der Waals surface area contributed by atoms with E-state index in [-0.39, 0.29) is 189 Å². The third-order valence-electron chi connectivity index (χ3n) is 0. The van der Waals surface area contributed by atoms with Gasteiger partial charge in [0, 0.05) is 189 Å². The van der Waals surface area contributed by atoms with Crippen LogP contribution in [0.4, 0.5) is 0 Å². The minimum atomic E-state index is 0. The average Bonchev–Trinajstić information content (AvgIpc) is 0. The van der Waals surface area contributed by atoms with E-state index in [4.69, 9.17) is 0 Å². The predicted molar refractivity (Wildman–Crippen MR) is 23.0 cm³/mol. The van der Waals surface area contributed by atoms with Gasteiger partial charge < -0.3 is 0 Å².